The molecule has 1 rings (SSSR count). The highest BCUT2D eigenvalue weighted by atomic mass is 16.5. The molecule has 1 saturated heterocycles. The van der Waals surface area contributed by atoms with Gasteiger partial charge in [-0.2, -0.15) is 0 Å². The number of aliphatic hydroxyl groups is 1. The van der Waals surface area contributed by atoms with E-state index in [9.17, 15) is 0 Å². The molecule has 0 bridgehead atoms. The maximum Gasteiger partial charge on any atom is 0.0741 e. The summed E-state index contributed by atoms with van der Waals surface area (Å²) in [7, 11) is 0. The fourth-order valence-corrected chi connectivity index (χ4v) is 2.09. The van der Waals surface area contributed by atoms with E-state index in [0.29, 0.717) is 12.6 Å². The monoisotopic (exact) mass is 216 g/mol. The molecule has 0 amide bonds. The van der Waals surface area contributed by atoms with Gasteiger partial charge in [0.2, 0.25) is 0 Å². The SMILES string of the molecule is CC(CCCO)NC(CN)C1CCCO1. The van der Waals surface area contributed by atoms with Crippen LogP contribution >= 0.6 is 0 Å². The Morgan fingerprint density at radius 3 is 2.93 bits per heavy atom. The van der Waals surface area contributed by atoms with E-state index in [1.54, 1.807) is 0 Å². The van der Waals surface area contributed by atoms with Crippen LogP contribution in [0.25, 0.3) is 0 Å². The van der Waals surface area contributed by atoms with Gasteiger partial charge in [0.05, 0.1) is 6.10 Å². The van der Waals surface area contributed by atoms with Crippen molar-refractivity contribution in [2.75, 3.05) is 19.8 Å². The summed E-state index contributed by atoms with van der Waals surface area (Å²) in [4.78, 5) is 0. The summed E-state index contributed by atoms with van der Waals surface area (Å²) in [5.74, 6) is 0. The molecule has 4 N–H and O–H groups in total. The third kappa shape index (κ3) is 4.47. The van der Waals surface area contributed by atoms with Crippen LogP contribution in [0.1, 0.15) is 32.6 Å². The van der Waals surface area contributed by atoms with Gasteiger partial charge in [0.25, 0.3) is 0 Å². The molecule has 0 radical (unpaired) electrons. The van der Waals surface area contributed by atoms with Crippen LogP contribution in [0.5, 0.6) is 0 Å². The molecule has 4 heteroatoms. The van der Waals surface area contributed by atoms with Gasteiger partial charge in [0.1, 0.15) is 0 Å². The van der Waals surface area contributed by atoms with Crippen LogP contribution in [-0.4, -0.2) is 43.1 Å². The Kier molecular flexibility index (Phi) is 6.17. The highest BCUT2D eigenvalue weighted by Crippen LogP contribution is 2.15. The molecular formula is C11H24N2O2. The third-order valence-corrected chi connectivity index (χ3v) is 2.96. The van der Waals surface area contributed by atoms with Gasteiger partial charge in [0.15, 0.2) is 0 Å². The van der Waals surface area contributed by atoms with E-state index < -0.39 is 0 Å². The van der Waals surface area contributed by atoms with Crippen molar-refractivity contribution in [3.8, 4) is 0 Å². The molecule has 90 valence electrons. The van der Waals surface area contributed by atoms with Crippen molar-refractivity contribution in [1.29, 1.82) is 0 Å². The minimum Gasteiger partial charge on any atom is -0.396 e. The Hall–Kier alpha value is -0.160. The Morgan fingerprint density at radius 1 is 1.60 bits per heavy atom. The molecule has 1 fully saturated rings. The Balaban J connectivity index is 2.25. The van der Waals surface area contributed by atoms with Gasteiger partial charge in [0, 0.05) is 31.8 Å². The number of nitrogens with one attached hydrogen (secondary N) is 1. The van der Waals surface area contributed by atoms with E-state index in [2.05, 4.69) is 12.2 Å². The zero-order valence-corrected chi connectivity index (χ0v) is 9.61. The number of aliphatic hydroxyl groups excluding tert-OH is 1. The molecular weight excluding hydrogens is 192 g/mol. The lowest BCUT2D eigenvalue weighted by molar-refractivity contribution is 0.0766. The first kappa shape index (κ1) is 12.9. The zero-order valence-electron chi connectivity index (χ0n) is 9.61. The van der Waals surface area contributed by atoms with Crippen molar-refractivity contribution in [2.24, 2.45) is 5.73 Å². The van der Waals surface area contributed by atoms with Crippen molar-refractivity contribution < 1.29 is 9.84 Å². The highest BCUT2D eigenvalue weighted by molar-refractivity contribution is 4.83. The summed E-state index contributed by atoms with van der Waals surface area (Å²) in [5.41, 5.74) is 5.74. The van der Waals surface area contributed by atoms with E-state index in [4.69, 9.17) is 15.6 Å². The zero-order chi connectivity index (χ0) is 11.1. The maximum atomic E-state index is 8.74. The fourth-order valence-electron chi connectivity index (χ4n) is 2.09. The lowest BCUT2D eigenvalue weighted by Crippen LogP contribution is -2.48. The molecule has 15 heavy (non-hydrogen) atoms. The molecule has 3 unspecified atom stereocenters. The van der Waals surface area contributed by atoms with Crippen LogP contribution in [0.4, 0.5) is 0 Å². The van der Waals surface area contributed by atoms with Crippen LogP contribution in [0.2, 0.25) is 0 Å². The number of hydrogen-bond acceptors (Lipinski definition) is 4. The Morgan fingerprint density at radius 2 is 2.40 bits per heavy atom. The molecule has 0 aliphatic carbocycles. The molecule has 4 nitrogen and oxygen atoms in total. The van der Waals surface area contributed by atoms with Gasteiger partial charge >= 0.3 is 0 Å². The predicted octanol–water partition coefficient (Wildman–Crippen LogP) is 0.243. The van der Waals surface area contributed by atoms with Crippen molar-refractivity contribution in [3.05, 3.63) is 0 Å². The van der Waals surface area contributed by atoms with E-state index in [1.165, 1.54) is 0 Å². The molecule has 1 heterocycles. The standard InChI is InChI=1S/C11H24N2O2/c1-9(4-2-6-14)13-10(8-12)11-5-3-7-15-11/h9-11,13-14H,2-8,12H2,1H3. The van der Waals surface area contributed by atoms with Crippen LogP contribution in [0, 0.1) is 0 Å². The number of ether oxygens (including phenoxy) is 1. The second-order valence-electron chi connectivity index (χ2n) is 4.33. The molecule has 1 aliphatic rings. The quantitative estimate of drug-likeness (QED) is 0.570. The molecule has 0 saturated carbocycles. The minimum absolute atomic E-state index is 0.263. The highest BCUT2D eigenvalue weighted by Gasteiger charge is 2.25. The third-order valence-electron chi connectivity index (χ3n) is 2.96. The van der Waals surface area contributed by atoms with Gasteiger partial charge < -0.3 is 20.9 Å². The Bertz CT molecular complexity index is 161. The second-order valence-corrected chi connectivity index (χ2v) is 4.33. The number of nitrogens with two attached hydrogens (primary N) is 1. The van der Waals surface area contributed by atoms with Crippen molar-refractivity contribution in [1.82, 2.24) is 5.32 Å². The van der Waals surface area contributed by atoms with E-state index in [1.807, 2.05) is 0 Å². The van der Waals surface area contributed by atoms with Crippen LogP contribution < -0.4 is 11.1 Å². The number of rotatable bonds is 7. The first-order valence-corrected chi connectivity index (χ1v) is 5.96. The molecule has 0 aromatic carbocycles. The largest absolute Gasteiger partial charge is 0.396 e. The van der Waals surface area contributed by atoms with Gasteiger partial charge in [-0.25, -0.2) is 0 Å². The molecule has 1 aliphatic heterocycles. The lowest BCUT2D eigenvalue weighted by atomic mass is 10.1. The fraction of sp³-hybridized carbons (Fsp3) is 1.00. The average Bonchev–Trinajstić information content (AvgIpc) is 2.76. The van der Waals surface area contributed by atoms with Gasteiger partial charge in [-0.15, -0.1) is 0 Å². The van der Waals surface area contributed by atoms with Gasteiger partial charge in [-0.1, -0.05) is 0 Å². The summed E-state index contributed by atoms with van der Waals surface area (Å²) >= 11 is 0. The van der Waals surface area contributed by atoms with Gasteiger partial charge in [-0.05, 0) is 32.6 Å². The summed E-state index contributed by atoms with van der Waals surface area (Å²) in [5, 5.41) is 12.2. The van der Waals surface area contributed by atoms with Crippen molar-refractivity contribution in [3.63, 3.8) is 0 Å². The van der Waals surface area contributed by atoms with E-state index in [-0.39, 0.29) is 18.8 Å². The van der Waals surface area contributed by atoms with Crippen LogP contribution in [0.15, 0.2) is 0 Å². The van der Waals surface area contributed by atoms with Crippen LogP contribution in [-0.2, 0) is 4.74 Å². The summed E-state index contributed by atoms with van der Waals surface area (Å²) in [6.07, 6.45) is 4.37. The van der Waals surface area contributed by atoms with E-state index >= 15 is 0 Å². The molecule has 0 spiro atoms. The first-order chi connectivity index (χ1) is 7.27. The average molecular weight is 216 g/mol. The molecule has 0 aromatic heterocycles. The molecule has 3 atom stereocenters. The van der Waals surface area contributed by atoms with Crippen molar-refractivity contribution >= 4 is 0 Å². The van der Waals surface area contributed by atoms with E-state index in [0.717, 1.165) is 32.3 Å². The van der Waals surface area contributed by atoms with Gasteiger partial charge in [-0.3, -0.25) is 0 Å². The van der Waals surface area contributed by atoms with Crippen molar-refractivity contribution in [2.45, 2.75) is 50.8 Å². The minimum atomic E-state index is 0.263. The summed E-state index contributed by atoms with van der Waals surface area (Å²) in [6, 6.07) is 0.663. The number of hydrogen-bond donors (Lipinski definition) is 3. The second kappa shape index (κ2) is 7.17. The Labute approximate surface area is 92.2 Å². The smallest absolute Gasteiger partial charge is 0.0741 e. The topological polar surface area (TPSA) is 67.5 Å². The summed E-state index contributed by atoms with van der Waals surface area (Å²) in [6.45, 7) is 3.88. The van der Waals surface area contributed by atoms with Crippen LogP contribution in [0.3, 0.4) is 0 Å². The maximum absolute atomic E-state index is 8.74. The lowest BCUT2D eigenvalue weighted by Gasteiger charge is -2.26. The normalized spacial score (nSPS) is 25.4. The predicted molar refractivity (Wildman–Crippen MR) is 60.7 cm³/mol. The first-order valence-electron chi connectivity index (χ1n) is 5.96. The summed E-state index contributed by atoms with van der Waals surface area (Å²) < 4.78 is 5.62. The molecule has 0 aromatic rings.